The third kappa shape index (κ3) is 1.78. The van der Waals surface area contributed by atoms with Gasteiger partial charge in [0.1, 0.15) is 0 Å². The highest BCUT2D eigenvalue weighted by Gasteiger charge is 2.55. The quantitative estimate of drug-likeness (QED) is 0.651. The molecule has 2 aliphatic heterocycles. The van der Waals surface area contributed by atoms with Crippen LogP contribution in [0.3, 0.4) is 0 Å². The van der Waals surface area contributed by atoms with E-state index in [0.717, 1.165) is 12.0 Å². The van der Waals surface area contributed by atoms with Crippen LogP contribution in [0.5, 0.6) is 0 Å². The highest BCUT2D eigenvalue weighted by Crippen LogP contribution is 2.45. The second kappa shape index (κ2) is 4.17. The summed E-state index contributed by atoms with van der Waals surface area (Å²) in [7, 11) is 0. The van der Waals surface area contributed by atoms with Crippen LogP contribution in [0, 0.1) is 5.92 Å². The van der Waals surface area contributed by atoms with Gasteiger partial charge in [0.25, 0.3) is 0 Å². The van der Waals surface area contributed by atoms with Crippen molar-refractivity contribution >= 4 is 11.8 Å². The molecule has 0 radical (unpaired) electrons. The lowest BCUT2D eigenvalue weighted by molar-refractivity contribution is -0.284. The molecule has 2 fully saturated rings. The number of ketones is 1. The van der Waals surface area contributed by atoms with Crippen molar-refractivity contribution in [2.45, 2.75) is 38.1 Å². The molecule has 3 aliphatic rings. The van der Waals surface area contributed by atoms with Gasteiger partial charge in [-0.05, 0) is 18.1 Å². The largest absolute Gasteiger partial charge is 0.456 e. The summed E-state index contributed by atoms with van der Waals surface area (Å²) in [5.41, 5.74) is 0.923. The molecule has 3 atom stereocenters. The highest BCUT2D eigenvalue weighted by atomic mass is 16.7. The maximum atomic E-state index is 11.5. The molecule has 0 aromatic carbocycles. The molecular formula is C13H16O5. The predicted molar refractivity (Wildman–Crippen MR) is 60.6 cm³/mol. The van der Waals surface area contributed by atoms with Gasteiger partial charge >= 0.3 is 5.97 Å². The van der Waals surface area contributed by atoms with Crippen LogP contribution < -0.4 is 0 Å². The van der Waals surface area contributed by atoms with Crippen LogP contribution in [0.2, 0.25) is 0 Å². The normalized spacial score (nSPS) is 38.7. The standard InChI is InChI=1S/C13H16O5/c1-8(14)18-12-11-6-10(15)5-9(11)7-17-13(12)3-2-4-16-13/h5,11-12H,2-4,6-7H2,1H3/t11-,12+,13-/m0/s1. The van der Waals surface area contributed by atoms with Crippen molar-refractivity contribution in [2.75, 3.05) is 13.2 Å². The Morgan fingerprint density at radius 1 is 1.50 bits per heavy atom. The maximum absolute atomic E-state index is 11.5. The molecule has 0 aromatic heterocycles. The fourth-order valence-electron chi connectivity index (χ4n) is 3.09. The summed E-state index contributed by atoms with van der Waals surface area (Å²) in [6.07, 6.45) is 3.11. The molecule has 0 unspecified atom stereocenters. The van der Waals surface area contributed by atoms with Crippen molar-refractivity contribution in [1.82, 2.24) is 0 Å². The molecule has 0 saturated carbocycles. The Labute approximate surface area is 105 Å². The summed E-state index contributed by atoms with van der Waals surface area (Å²) in [4.78, 5) is 22.8. The zero-order chi connectivity index (χ0) is 12.8. The number of fused-ring (bicyclic) bond motifs is 1. The van der Waals surface area contributed by atoms with E-state index in [1.807, 2.05) is 0 Å². The van der Waals surface area contributed by atoms with Crippen molar-refractivity contribution in [2.24, 2.45) is 5.92 Å². The summed E-state index contributed by atoms with van der Waals surface area (Å²) in [6.45, 7) is 2.38. The molecule has 3 rings (SSSR count). The molecule has 98 valence electrons. The highest BCUT2D eigenvalue weighted by molar-refractivity contribution is 5.93. The molecule has 5 nitrogen and oxygen atoms in total. The first-order valence-corrected chi connectivity index (χ1v) is 6.29. The minimum absolute atomic E-state index is 0.0748. The molecular weight excluding hydrogens is 236 g/mol. The van der Waals surface area contributed by atoms with Gasteiger partial charge in [-0.2, -0.15) is 0 Å². The smallest absolute Gasteiger partial charge is 0.303 e. The molecule has 18 heavy (non-hydrogen) atoms. The van der Waals surface area contributed by atoms with Crippen molar-refractivity contribution in [3.05, 3.63) is 11.6 Å². The zero-order valence-corrected chi connectivity index (χ0v) is 10.3. The van der Waals surface area contributed by atoms with E-state index in [1.165, 1.54) is 6.92 Å². The topological polar surface area (TPSA) is 61.8 Å². The Bertz CT molecular complexity index is 419. The third-order valence-corrected chi connectivity index (χ3v) is 3.83. The SMILES string of the molecule is CC(=O)O[C@@H]1[C@H]2CC(=O)C=C2CO[C@@]12CCCO2. The van der Waals surface area contributed by atoms with Gasteiger partial charge in [-0.15, -0.1) is 0 Å². The van der Waals surface area contributed by atoms with Gasteiger partial charge in [-0.25, -0.2) is 0 Å². The Hall–Kier alpha value is -1.20. The first-order chi connectivity index (χ1) is 8.61. The monoisotopic (exact) mass is 252 g/mol. The van der Waals surface area contributed by atoms with Gasteiger partial charge in [0, 0.05) is 25.7 Å². The number of hydrogen-bond donors (Lipinski definition) is 0. The number of ether oxygens (including phenoxy) is 3. The minimum atomic E-state index is -0.835. The number of rotatable bonds is 1. The number of allylic oxidation sites excluding steroid dienone is 1. The number of carbonyl (C=O) groups is 2. The fourth-order valence-corrected chi connectivity index (χ4v) is 3.09. The number of carbonyl (C=O) groups excluding carboxylic acids is 2. The van der Waals surface area contributed by atoms with Crippen LogP contribution in [-0.2, 0) is 23.8 Å². The van der Waals surface area contributed by atoms with Gasteiger partial charge in [-0.3, -0.25) is 9.59 Å². The molecule has 2 heterocycles. The maximum Gasteiger partial charge on any atom is 0.303 e. The van der Waals surface area contributed by atoms with E-state index in [2.05, 4.69) is 0 Å². The van der Waals surface area contributed by atoms with Crippen molar-refractivity contribution in [3.8, 4) is 0 Å². The lowest BCUT2D eigenvalue weighted by atomic mass is 9.85. The number of hydrogen-bond acceptors (Lipinski definition) is 5. The zero-order valence-electron chi connectivity index (χ0n) is 10.3. The first-order valence-electron chi connectivity index (χ1n) is 6.29. The van der Waals surface area contributed by atoms with Crippen molar-refractivity contribution in [1.29, 1.82) is 0 Å². The summed E-state index contributed by atoms with van der Waals surface area (Å²) in [5.74, 6) is -1.20. The molecule has 1 spiro atoms. The van der Waals surface area contributed by atoms with Crippen LogP contribution in [0.4, 0.5) is 0 Å². The Morgan fingerprint density at radius 2 is 2.33 bits per heavy atom. The average Bonchev–Trinajstić information content (AvgIpc) is 2.90. The average molecular weight is 252 g/mol. The van der Waals surface area contributed by atoms with Gasteiger partial charge in [-0.1, -0.05) is 0 Å². The van der Waals surface area contributed by atoms with E-state index in [9.17, 15) is 9.59 Å². The summed E-state index contributed by atoms with van der Waals surface area (Å²) in [6, 6.07) is 0. The van der Waals surface area contributed by atoms with E-state index < -0.39 is 11.9 Å². The lowest BCUT2D eigenvalue weighted by Gasteiger charge is -2.43. The fraction of sp³-hybridized carbons (Fsp3) is 0.692. The summed E-state index contributed by atoms with van der Waals surface area (Å²) >= 11 is 0. The van der Waals surface area contributed by atoms with Gasteiger partial charge in [0.2, 0.25) is 5.79 Å². The molecule has 5 heteroatoms. The Balaban J connectivity index is 1.91. The van der Waals surface area contributed by atoms with E-state index in [-0.39, 0.29) is 17.7 Å². The second-order valence-corrected chi connectivity index (χ2v) is 5.08. The van der Waals surface area contributed by atoms with E-state index in [0.29, 0.717) is 26.1 Å². The van der Waals surface area contributed by atoms with Gasteiger partial charge in [0.15, 0.2) is 11.9 Å². The van der Waals surface area contributed by atoms with Crippen LogP contribution in [0.15, 0.2) is 11.6 Å². The third-order valence-electron chi connectivity index (χ3n) is 3.83. The lowest BCUT2D eigenvalue weighted by Crippen LogP contribution is -2.54. The van der Waals surface area contributed by atoms with Gasteiger partial charge in [0.05, 0.1) is 13.2 Å². The molecule has 2 saturated heterocycles. The molecule has 0 aromatic rings. The summed E-state index contributed by atoms with van der Waals surface area (Å²) in [5, 5.41) is 0. The second-order valence-electron chi connectivity index (χ2n) is 5.08. The van der Waals surface area contributed by atoms with Crippen LogP contribution in [0.1, 0.15) is 26.2 Å². The number of esters is 1. The molecule has 0 amide bonds. The van der Waals surface area contributed by atoms with E-state index in [1.54, 1.807) is 6.08 Å². The van der Waals surface area contributed by atoms with Crippen LogP contribution >= 0.6 is 0 Å². The minimum Gasteiger partial charge on any atom is -0.456 e. The van der Waals surface area contributed by atoms with Crippen LogP contribution in [0.25, 0.3) is 0 Å². The van der Waals surface area contributed by atoms with E-state index in [4.69, 9.17) is 14.2 Å². The molecule has 0 N–H and O–H groups in total. The summed E-state index contributed by atoms with van der Waals surface area (Å²) < 4.78 is 16.9. The first kappa shape index (κ1) is 11.9. The van der Waals surface area contributed by atoms with Gasteiger partial charge < -0.3 is 14.2 Å². The van der Waals surface area contributed by atoms with Crippen LogP contribution in [-0.4, -0.2) is 36.9 Å². The molecule has 0 bridgehead atoms. The Kier molecular flexibility index (Phi) is 2.75. The van der Waals surface area contributed by atoms with Crippen molar-refractivity contribution in [3.63, 3.8) is 0 Å². The molecule has 1 aliphatic carbocycles. The predicted octanol–water partition coefficient (Wildman–Crippen LogP) is 0.970. The Morgan fingerprint density at radius 3 is 3.00 bits per heavy atom. The van der Waals surface area contributed by atoms with E-state index >= 15 is 0 Å². The van der Waals surface area contributed by atoms with Crippen molar-refractivity contribution < 1.29 is 23.8 Å².